The molecule has 3 aromatic heterocycles. The van der Waals surface area contributed by atoms with E-state index >= 15 is 0 Å². The van der Waals surface area contributed by atoms with Gasteiger partial charge in [0.05, 0.1) is 5.69 Å². The number of pyridine rings is 1. The minimum Gasteiger partial charge on any atom is -0.397 e. The van der Waals surface area contributed by atoms with Gasteiger partial charge in [0.1, 0.15) is 16.3 Å². The van der Waals surface area contributed by atoms with E-state index in [1.165, 1.54) is 16.9 Å². The highest BCUT2D eigenvalue weighted by Gasteiger charge is 2.30. The monoisotopic (exact) mass is 434 g/mol. The quantitative estimate of drug-likeness (QED) is 0.463. The van der Waals surface area contributed by atoms with Crippen LogP contribution in [0.25, 0.3) is 21.9 Å². The Hall–Kier alpha value is -3.26. The van der Waals surface area contributed by atoms with Crippen LogP contribution in [-0.4, -0.2) is 26.1 Å². The van der Waals surface area contributed by atoms with Crippen molar-refractivity contribution in [3.8, 4) is 10.7 Å². The largest absolute Gasteiger partial charge is 0.397 e. The highest BCUT2D eigenvalue weighted by Crippen LogP contribution is 2.37. The van der Waals surface area contributed by atoms with Gasteiger partial charge in [-0.2, -0.15) is 0 Å². The first-order chi connectivity index (χ1) is 15.2. The molecule has 160 valence electrons. The second kappa shape index (κ2) is 9.26. The van der Waals surface area contributed by atoms with Crippen molar-refractivity contribution in [2.45, 2.75) is 39.2 Å². The first-order valence-corrected chi connectivity index (χ1v) is 11.5. The first-order valence-electron chi connectivity index (χ1n) is 10.6. The molecule has 1 fully saturated rings. The molecule has 0 aliphatic heterocycles. The Balaban J connectivity index is 0.00000112. The predicted octanol–water partition coefficient (Wildman–Crippen LogP) is 4.51. The van der Waals surface area contributed by atoms with E-state index in [9.17, 15) is 4.79 Å². The van der Waals surface area contributed by atoms with Gasteiger partial charge in [0, 0.05) is 30.2 Å². The van der Waals surface area contributed by atoms with Gasteiger partial charge in [0.2, 0.25) is 0 Å². The summed E-state index contributed by atoms with van der Waals surface area (Å²) < 4.78 is 1.75. The van der Waals surface area contributed by atoms with Crippen LogP contribution < -0.4 is 16.6 Å². The number of hydrogen-bond donors (Lipinski definition) is 2. The molecule has 1 aliphatic carbocycles. The third kappa shape index (κ3) is 4.44. The molecular formula is C23H26N6OS. The van der Waals surface area contributed by atoms with Crippen molar-refractivity contribution in [2.24, 2.45) is 0 Å². The van der Waals surface area contributed by atoms with Crippen LogP contribution in [0.5, 0.6) is 0 Å². The third-order valence-electron chi connectivity index (χ3n) is 4.99. The van der Waals surface area contributed by atoms with Gasteiger partial charge in [-0.1, -0.05) is 44.2 Å². The summed E-state index contributed by atoms with van der Waals surface area (Å²) in [5.74, 6) is 0.656. The summed E-state index contributed by atoms with van der Waals surface area (Å²) in [6.45, 7) is 4.72. The van der Waals surface area contributed by atoms with E-state index in [0.717, 1.165) is 25.8 Å². The SMILES string of the molecule is CC.Nc1cc(NCCc2ccccc2)nc2c1nc(-c1nccs1)c(=O)n2C1CC1. The maximum Gasteiger partial charge on any atom is 0.281 e. The van der Waals surface area contributed by atoms with E-state index in [-0.39, 0.29) is 11.6 Å². The number of rotatable bonds is 6. The highest BCUT2D eigenvalue weighted by atomic mass is 32.1. The zero-order valence-electron chi connectivity index (χ0n) is 17.7. The fraction of sp³-hybridized carbons (Fsp3) is 0.304. The molecule has 5 rings (SSSR count). The molecule has 4 aromatic rings. The number of hydrogen-bond acceptors (Lipinski definition) is 7. The Morgan fingerprint density at radius 2 is 1.97 bits per heavy atom. The molecule has 3 heterocycles. The van der Waals surface area contributed by atoms with Gasteiger partial charge in [0.15, 0.2) is 11.3 Å². The molecule has 0 spiro atoms. The molecule has 0 atom stereocenters. The van der Waals surface area contributed by atoms with Crippen LogP contribution >= 0.6 is 11.3 Å². The molecule has 0 amide bonds. The van der Waals surface area contributed by atoms with Crippen LogP contribution in [0, 0.1) is 0 Å². The second-order valence-electron chi connectivity index (χ2n) is 7.14. The lowest BCUT2D eigenvalue weighted by Gasteiger charge is -2.13. The zero-order chi connectivity index (χ0) is 21.8. The average Bonchev–Trinajstić information content (AvgIpc) is 3.48. The van der Waals surface area contributed by atoms with E-state index in [2.05, 4.69) is 27.4 Å². The Labute approximate surface area is 185 Å². The number of benzene rings is 1. The lowest BCUT2D eigenvalue weighted by molar-refractivity contribution is 0.726. The molecule has 7 nitrogen and oxygen atoms in total. The van der Waals surface area contributed by atoms with E-state index < -0.39 is 0 Å². The van der Waals surface area contributed by atoms with Crippen molar-refractivity contribution in [2.75, 3.05) is 17.6 Å². The highest BCUT2D eigenvalue weighted by molar-refractivity contribution is 7.13. The van der Waals surface area contributed by atoms with Crippen molar-refractivity contribution in [1.82, 2.24) is 19.5 Å². The molecule has 0 bridgehead atoms. The van der Waals surface area contributed by atoms with Gasteiger partial charge in [-0.3, -0.25) is 9.36 Å². The van der Waals surface area contributed by atoms with Gasteiger partial charge in [-0.25, -0.2) is 15.0 Å². The van der Waals surface area contributed by atoms with Gasteiger partial charge >= 0.3 is 0 Å². The van der Waals surface area contributed by atoms with Crippen LogP contribution in [0.15, 0.2) is 52.8 Å². The number of nitrogens with one attached hydrogen (secondary N) is 1. The lowest BCUT2D eigenvalue weighted by atomic mass is 10.1. The number of nitrogens with two attached hydrogens (primary N) is 1. The summed E-state index contributed by atoms with van der Waals surface area (Å²) in [6.07, 6.45) is 4.47. The fourth-order valence-electron chi connectivity index (χ4n) is 3.42. The molecule has 31 heavy (non-hydrogen) atoms. The molecular weight excluding hydrogens is 408 g/mol. The minimum absolute atomic E-state index is 0.150. The third-order valence-corrected chi connectivity index (χ3v) is 5.77. The summed E-state index contributed by atoms with van der Waals surface area (Å²) in [5.41, 5.74) is 9.37. The number of aromatic nitrogens is 4. The van der Waals surface area contributed by atoms with Crippen molar-refractivity contribution in [1.29, 1.82) is 0 Å². The van der Waals surface area contributed by atoms with Gasteiger partial charge < -0.3 is 11.1 Å². The van der Waals surface area contributed by atoms with E-state index in [1.807, 2.05) is 37.4 Å². The van der Waals surface area contributed by atoms with E-state index in [0.29, 0.717) is 33.4 Å². The molecule has 0 radical (unpaired) electrons. The Morgan fingerprint density at radius 3 is 2.65 bits per heavy atom. The fourth-order valence-corrected chi connectivity index (χ4v) is 4.03. The summed E-state index contributed by atoms with van der Waals surface area (Å²) in [7, 11) is 0. The molecule has 0 unspecified atom stereocenters. The number of anilines is 2. The number of fused-ring (bicyclic) bond motifs is 1. The smallest absolute Gasteiger partial charge is 0.281 e. The normalized spacial score (nSPS) is 13.0. The van der Waals surface area contributed by atoms with Gasteiger partial charge in [0.25, 0.3) is 5.56 Å². The topological polar surface area (TPSA) is 98.7 Å². The predicted molar refractivity (Wildman–Crippen MR) is 128 cm³/mol. The van der Waals surface area contributed by atoms with Crippen molar-refractivity contribution < 1.29 is 0 Å². The molecule has 3 N–H and O–H groups in total. The molecule has 1 aromatic carbocycles. The summed E-state index contributed by atoms with van der Waals surface area (Å²) in [5, 5.41) is 5.77. The maximum atomic E-state index is 13.2. The number of nitrogen functional groups attached to an aromatic ring is 1. The van der Waals surface area contributed by atoms with Crippen LogP contribution in [0.3, 0.4) is 0 Å². The molecule has 1 saturated carbocycles. The van der Waals surface area contributed by atoms with Gasteiger partial charge in [-0.15, -0.1) is 11.3 Å². The second-order valence-corrected chi connectivity index (χ2v) is 8.03. The summed E-state index contributed by atoms with van der Waals surface area (Å²) >= 11 is 1.40. The van der Waals surface area contributed by atoms with E-state index in [4.69, 9.17) is 10.7 Å². The van der Waals surface area contributed by atoms with Crippen LogP contribution in [0.2, 0.25) is 0 Å². The maximum absolute atomic E-state index is 13.2. The Bertz CT molecular complexity index is 1220. The average molecular weight is 435 g/mol. The van der Waals surface area contributed by atoms with Crippen LogP contribution in [0.4, 0.5) is 11.5 Å². The van der Waals surface area contributed by atoms with E-state index in [1.54, 1.807) is 16.8 Å². The van der Waals surface area contributed by atoms with Gasteiger partial charge in [-0.05, 0) is 24.8 Å². The van der Waals surface area contributed by atoms with Crippen molar-refractivity contribution in [3.63, 3.8) is 0 Å². The molecule has 8 heteroatoms. The minimum atomic E-state index is -0.150. The molecule has 0 saturated heterocycles. The molecule has 1 aliphatic rings. The first kappa shape index (κ1) is 21.0. The number of nitrogens with zero attached hydrogens (tertiary/aromatic N) is 4. The zero-order valence-corrected chi connectivity index (χ0v) is 18.5. The van der Waals surface area contributed by atoms with Crippen molar-refractivity contribution >= 4 is 34.0 Å². The van der Waals surface area contributed by atoms with Crippen LogP contribution in [-0.2, 0) is 6.42 Å². The number of thiazole rings is 1. The lowest BCUT2D eigenvalue weighted by Crippen LogP contribution is -2.24. The summed E-state index contributed by atoms with van der Waals surface area (Å²) in [6, 6.07) is 12.2. The Kier molecular flexibility index (Phi) is 6.27. The standard InChI is InChI=1S/C21H20N6OS.C2H6/c22-15-12-16(23-9-8-13-4-2-1-3-5-13)25-19-17(15)26-18(20-24-10-11-29-20)21(28)27(19)14-6-7-14;1-2/h1-5,10-12,14H,6-9H2,(H3,22,23,25);1-2H3. The summed E-state index contributed by atoms with van der Waals surface area (Å²) in [4.78, 5) is 26.7. The van der Waals surface area contributed by atoms with Crippen LogP contribution in [0.1, 0.15) is 38.3 Å². The Morgan fingerprint density at radius 1 is 1.19 bits per heavy atom. The van der Waals surface area contributed by atoms with Crippen molar-refractivity contribution in [3.05, 3.63) is 63.9 Å².